The Bertz CT molecular complexity index is 711. The molecule has 22 heavy (non-hydrogen) atoms. The van der Waals surface area contributed by atoms with E-state index >= 15 is 0 Å². The van der Waals surface area contributed by atoms with Crippen molar-refractivity contribution in [3.63, 3.8) is 0 Å². The maximum Gasteiger partial charge on any atom is 0.221 e. The Labute approximate surface area is 139 Å². The van der Waals surface area contributed by atoms with Gasteiger partial charge in [-0.2, -0.15) is 0 Å². The summed E-state index contributed by atoms with van der Waals surface area (Å²) >= 11 is 7.34. The van der Waals surface area contributed by atoms with Crippen LogP contribution in [0.15, 0.2) is 35.7 Å². The van der Waals surface area contributed by atoms with E-state index in [1.54, 1.807) is 0 Å². The molecular weight excluding hydrogens is 314 g/mol. The number of carbonyl (C=O) groups excluding carboxylic acids is 1. The van der Waals surface area contributed by atoms with Crippen molar-refractivity contribution >= 4 is 45.9 Å². The average molecular weight is 331 g/mol. The van der Waals surface area contributed by atoms with Crippen molar-refractivity contribution in [2.24, 2.45) is 0 Å². The molecule has 1 aromatic heterocycles. The van der Waals surface area contributed by atoms with Crippen molar-refractivity contribution in [2.45, 2.75) is 19.9 Å². The van der Waals surface area contributed by atoms with Gasteiger partial charge in [-0.15, -0.1) is 11.3 Å². The summed E-state index contributed by atoms with van der Waals surface area (Å²) in [5.41, 5.74) is 3.01. The van der Waals surface area contributed by atoms with Crippen molar-refractivity contribution in [1.29, 1.82) is 0 Å². The zero-order valence-electron chi connectivity index (χ0n) is 12.3. The smallest absolute Gasteiger partial charge is 0.221 e. The van der Waals surface area contributed by atoms with E-state index in [1.165, 1.54) is 17.4 Å². The largest absolute Gasteiger partial charge is 0.344 e. The normalized spacial score (nSPS) is 13.4. The van der Waals surface area contributed by atoms with Crippen molar-refractivity contribution in [1.82, 2.24) is 4.90 Å². The molecule has 0 saturated heterocycles. The number of hydrogen-bond donors (Lipinski definition) is 2. The maximum atomic E-state index is 11.1. The second-order valence-electron chi connectivity index (χ2n) is 5.23. The standard InChI is InChI=1S/C16H17N3OS2/c1-11(20)17-13-3-2-4-14(9-13)18-16(21)19-7-5-15-12(10-19)6-8-22-15/h2-4,6,8-9H,5,7,10H2,1H3,(H,17,20)(H,18,21). The minimum atomic E-state index is -0.0826. The molecule has 2 aromatic rings. The molecule has 0 fully saturated rings. The van der Waals surface area contributed by atoms with Gasteiger partial charge in [0, 0.05) is 36.3 Å². The third kappa shape index (κ3) is 3.45. The number of rotatable bonds is 2. The van der Waals surface area contributed by atoms with Crippen LogP contribution in [0.25, 0.3) is 0 Å². The van der Waals surface area contributed by atoms with Crippen LogP contribution in [0, 0.1) is 0 Å². The minimum Gasteiger partial charge on any atom is -0.344 e. The number of anilines is 2. The summed E-state index contributed by atoms with van der Waals surface area (Å²) in [4.78, 5) is 14.8. The number of fused-ring (bicyclic) bond motifs is 1. The van der Waals surface area contributed by atoms with E-state index in [0.717, 1.165) is 36.0 Å². The van der Waals surface area contributed by atoms with Crippen LogP contribution in [0.1, 0.15) is 17.4 Å². The van der Waals surface area contributed by atoms with Gasteiger partial charge in [0.2, 0.25) is 5.91 Å². The van der Waals surface area contributed by atoms with Crippen molar-refractivity contribution in [3.8, 4) is 0 Å². The first-order valence-corrected chi connectivity index (χ1v) is 8.39. The quantitative estimate of drug-likeness (QED) is 0.827. The average Bonchev–Trinajstić information content (AvgIpc) is 2.94. The first-order chi connectivity index (χ1) is 10.6. The number of nitrogens with zero attached hydrogens (tertiary/aromatic N) is 1. The second kappa shape index (κ2) is 6.46. The molecule has 3 rings (SSSR count). The van der Waals surface area contributed by atoms with Crippen molar-refractivity contribution in [3.05, 3.63) is 46.2 Å². The van der Waals surface area contributed by atoms with Gasteiger partial charge in [0.25, 0.3) is 0 Å². The summed E-state index contributed by atoms with van der Waals surface area (Å²) in [6, 6.07) is 9.75. The lowest BCUT2D eigenvalue weighted by Gasteiger charge is -2.29. The molecule has 2 heterocycles. The van der Waals surface area contributed by atoms with Crippen molar-refractivity contribution in [2.75, 3.05) is 17.2 Å². The maximum absolute atomic E-state index is 11.1. The molecule has 1 aliphatic heterocycles. The Morgan fingerprint density at radius 3 is 2.82 bits per heavy atom. The number of amides is 1. The molecule has 0 aliphatic carbocycles. The highest BCUT2D eigenvalue weighted by molar-refractivity contribution is 7.80. The van der Waals surface area contributed by atoms with Crippen LogP contribution in [0.2, 0.25) is 0 Å². The lowest BCUT2D eigenvalue weighted by atomic mass is 10.1. The van der Waals surface area contributed by atoms with Crippen LogP contribution in [0.4, 0.5) is 11.4 Å². The van der Waals surface area contributed by atoms with Gasteiger partial charge in [-0.1, -0.05) is 6.07 Å². The Balaban J connectivity index is 1.66. The fraction of sp³-hybridized carbons (Fsp3) is 0.250. The highest BCUT2D eigenvalue weighted by atomic mass is 32.1. The molecule has 0 unspecified atom stereocenters. The van der Waals surface area contributed by atoms with Crippen LogP contribution in [0.5, 0.6) is 0 Å². The van der Waals surface area contributed by atoms with Crippen LogP contribution in [-0.2, 0) is 17.8 Å². The van der Waals surface area contributed by atoms with Crippen LogP contribution in [-0.4, -0.2) is 22.5 Å². The van der Waals surface area contributed by atoms with Gasteiger partial charge in [-0.05, 0) is 53.8 Å². The Morgan fingerprint density at radius 2 is 2.05 bits per heavy atom. The third-order valence-corrected chi connectivity index (χ3v) is 4.91. The predicted octanol–water partition coefficient (Wildman–Crippen LogP) is 3.46. The van der Waals surface area contributed by atoms with Gasteiger partial charge in [-0.3, -0.25) is 4.79 Å². The minimum absolute atomic E-state index is 0.0826. The zero-order valence-corrected chi connectivity index (χ0v) is 13.9. The Morgan fingerprint density at radius 1 is 1.27 bits per heavy atom. The van der Waals surface area contributed by atoms with Gasteiger partial charge in [0.1, 0.15) is 0 Å². The molecule has 0 spiro atoms. The topological polar surface area (TPSA) is 44.4 Å². The Hall–Kier alpha value is -1.92. The summed E-state index contributed by atoms with van der Waals surface area (Å²) in [5.74, 6) is -0.0826. The highest BCUT2D eigenvalue weighted by Crippen LogP contribution is 2.24. The molecule has 0 atom stereocenters. The molecule has 114 valence electrons. The van der Waals surface area contributed by atoms with E-state index in [0.29, 0.717) is 0 Å². The summed E-state index contributed by atoms with van der Waals surface area (Å²) in [7, 11) is 0. The third-order valence-electron chi connectivity index (χ3n) is 3.53. The first kappa shape index (κ1) is 15.0. The zero-order chi connectivity index (χ0) is 15.5. The SMILES string of the molecule is CC(=O)Nc1cccc(NC(=S)N2CCc3sccc3C2)c1. The van der Waals surface area contributed by atoms with Crippen molar-refractivity contribution < 1.29 is 4.79 Å². The summed E-state index contributed by atoms with van der Waals surface area (Å²) in [6.45, 7) is 3.29. The monoisotopic (exact) mass is 331 g/mol. The van der Waals surface area contributed by atoms with Gasteiger partial charge in [0.05, 0.1) is 0 Å². The molecule has 6 heteroatoms. The fourth-order valence-electron chi connectivity index (χ4n) is 2.50. The molecular formula is C16H17N3OS2. The van der Waals surface area contributed by atoms with Crippen LogP contribution < -0.4 is 10.6 Å². The molecule has 1 amide bonds. The van der Waals surface area contributed by atoms with Gasteiger partial charge in [-0.25, -0.2) is 0 Å². The Kier molecular flexibility index (Phi) is 4.40. The molecule has 0 radical (unpaired) electrons. The summed E-state index contributed by atoms with van der Waals surface area (Å²) in [5, 5.41) is 8.89. The fourth-order valence-corrected chi connectivity index (χ4v) is 3.67. The van der Waals surface area contributed by atoms with Gasteiger partial charge >= 0.3 is 0 Å². The van der Waals surface area contributed by atoms with Crippen LogP contribution in [0.3, 0.4) is 0 Å². The lowest BCUT2D eigenvalue weighted by Crippen LogP contribution is -2.38. The number of hydrogen-bond acceptors (Lipinski definition) is 3. The number of thiocarbonyl (C=S) groups is 1. The van der Waals surface area contributed by atoms with E-state index in [-0.39, 0.29) is 5.91 Å². The van der Waals surface area contributed by atoms with E-state index in [2.05, 4.69) is 27.0 Å². The second-order valence-corrected chi connectivity index (χ2v) is 6.62. The van der Waals surface area contributed by atoms with Crippen LogP contribution >= 0.6 is 23.6 Å². The molecule has 2 N–H and O–H groups in total. The number of nitrogens with one attached hydrogen (secondary N) is 2. The number of thiophene rings is 1. The van der Waals surface area contributed by atoms with E-state index in [4.69, 9.17) is 12.2 Å². The molecule has 4 nitrogen and oxygen atoms in total. The summed E-state index contributed by atoms with van der Waals surface area (Å²) in [6.07, 6.45) is 1.04. The molecule has 1 aromatic carbocycles. The first-order valence-electron chi connectivity index (χ1n) is 7.10. The predicted molar refractivity (Wildman–Crippen MR) is 95.4 cm³/mol. The molecule has 1 aliphatic rings. The van der Waals surface area contributed by atoms with Gasteiger partial charge < -0.3 is 15.5 Å². The number of benzene rings is 1. The highest BCUT2D eigenvalue weighted by Gasteiger charge is 2.19. The van der Waals surface area contributed by atoms with Gasteiger partial charge in [0.15, 0.2) is 5.11 Å². The summed E-state index contributed by atoms with van der Waals surface area (Å²) < 4.78 is 0. The number of carbonyl (C=O) groups is 1. The lowest BCUT2D eigenvalue weighted by molar-refractivity contribution is -0.114. The van der Waals surface area contributed by atoms with E-state index in [1.807, 2.05) is 35.6 Å². The molecule has 0 bridgehead atoms. The van der Waals surface area contributed by atoms with E-state index in [9.17, 15) is 4.79 Å². The molecule has 0 saturated carbocycles. The van der Waals surface area contributed by atoms with E-state index < -0.39 is 0 Å².